The van der Waals surface area contributed by atoms with Gasteiger partial charge in [-0.15, -0.1) is 0 Å². The van der Waals surface area contributed by atoms with Crippen molar-refractivity contribution in [3.63, 3.8) is 0 Å². The zero-order chi connectivity index (χ0) is 42.3. The molecule has 2 aliphatic carbocycles. The van der Waals surface area contributed by atoms with Gasteiger partial charge in [-0.05, 0) is 107 Å². The number of ether oxygens (including phenoxy) is 3. The zero-order valence-corrected chi connectivity index (χ0v) is 35.8. The van der Waals surface area contributed by atoms with Crippen molar-refractivity contribution < 1.29 is 41.8 Å². The molecule has 7 rings (SSSR count). The topological polar surface area (TPSA) is 158 Å². The van der Waals surface area contributed by atoms with Gasteiger partial charge in [-0.2, -0.15) is 0 Å². The van der Waals surface area contributed by atoms with Gasteiger partial charge in [0.1, 0.15) is 17.5 Å². The molecule has 1 N–H and O–H groups in total. The van der Waals surface area contributed by atoms with Crippen LogP contribution in [0.25, 0.3) is 22.0 Å². The summed E-state index contributed by atoms with van der Waals surface area (Å²) in [5, 5.41) is 0.944. The van der Waals surface area contributed by atoms with Crippen LogP contribution in [-0.2, 0) is 33.9 Å². The van der Waals surface area contributed by atoms with E-state index in [0.717, 1.165) is 29.2 Å². The highest BCUT2D eigenvalue weighted by atomic mass is 32.2. The third-order valence-electron chi connectivity index (χ3n) is 12.3. The molecule has 59 heavy (non-hydrogen) atoms. The summed E-state index contributed by atoms with van der Waals surface area (Å²) < 4.78 is 46.3. The normalized spacial score (nSPS) is 28.4. The van der Waals surface area contributed by atoms with Crippen LogP contribution in [0.5, 0.6) is 11.6 Å². The number of ketones is 1. The number of benzene rings is 2. The summed E-state index contributed by atoms with van der Waals surface area (Å²) in [5.41, 5.74) is -0.479. The van der Waals surface area contributed by atoms with Crippen LogP contribution < -0.4 is 14.2 Å². The van der Waals surface area contributed by atoms with E-state index < -0.39 is 56.2 Å². The number of aromatic nitrogens is 1. The number of Topliss-reactive ketones (excluding diaryl/α,β-unsaturated/α-hetero) is 1. The summed E-state index contributed by atoms with van der Waals surface area (Å²) in [6, 6.07) is 16.2. The third-order valence-corrected chi connectivity index (χ3v) is 14.1. The molecule has 0 spiro atoms. The first-order valence-electron chi connectivity index (χ1n) is 20.9. The second-order valence-electron chi connectivity index (χ2n) is 18.3. The average Bonchev–Trinajstić information content (AvgIpc) is 4.11. The molecule has 1 unspecified atom stereocenters. The lowest BCUT2D eigenvalue weighted by atomic mass is 9.82. The van der Waals surface area contributed by atoms with Crippen LogP contribution >= 0.6 is 0 Å². The maximum absolute atomic E-state index is 15.0. The molecule has 4 aliphatic rings. The lowest BCUT2D eigenvalue weighted by Crippen LogP contribution is -2.47. The molecule has 7 atom stereocenters. The molecular weight excluding hydrogens is 771 g/mol. The zero-order valence-electron chi connectivity index (χ0n) is 34.9. The van der Waals surface area contributed by atoms with Crippen molar-refractivity contribution in [2.45, 2.75) is 115 Å². The molecule has 0 bridgehead atoms. The number of hydrogen-bond donors (Lipinski definition) is 1. The van der Waals surface area contributed by atoms with Gasteiger partial charge in [-0.1, -0.05) is 56.3 Å². The number of nitrogens with one attached hydrogen (secondary N) is 1. The van der Waals surface area contributed by atoms with Gasteiger partial charge in [0.05, 0.1) is 48.4 Å². The van der Waals surface area contributed by atoms with E-state index in [1.165, 1.54) is 4.90 Å². The van der Waals surface area contributed by atoms with E-state index in [2.05, 4.69) is 11.6 Å². The number of allylic oxidation sites excluding steroid dienone is 2. The standard InChI is InChI=1S/C46H57N3O9S/c1-28-12-10-11-15-32-25-46(32,44(53)48-59(54,55)35-17-18-35)26-40(50)39-23-34(27-49(39)43(52)37(29(2)20-28)24-41(51)58-45(3,4)5)57-42-36-19-16-33(56-6)21-31(36)22-38(47-42)30-13-8-7-9-14-30/h7-9,11,13-16,19,21-22,28-29,32,34-35,37,39H,10,12,17-18,20,23-27H2,1-6H3,(H,48,53)/b15-11-/t28-,29-,32-,34-,37+,39?,46-/m1/s1. The molecule has 2 saturated carbocycles. The van der Waals surface area contributed by atoms with E-state index >= 15 is 4.79 Å². The summed E-state index contributed by atoms with van der Waals surface area (Å²) in [7, 11) is -2.27. The number of nitrogens with zero attached hydrogens (tertiary/aromatic N) is 2. The Morgan fingerprint density at radius 2 is 1.75 bits per heavy atom. The van der Waals surface area contributed by atoms with Gasteiger partial charge in [0.15, 0.2) is 5.78 Å². The second kappa shape index (κ2) is 16.7. The van der Waals surface area contributed by atoms with E-state index in [0.29, 0.717) is 43.0 Å². The lowest BCUT2D eigenvalue weighted by molar-refractivity contribution is -0.160. The molecule has 3 aromatic rings. The lowest BCUT2D eigenvalue weighted by Gasteiger charge is -2.32. The third kappa shape index (κ3) is 9.66. The summed E-state index contributed by atoms with van der Waals surface area (Å²) in [6.45, 7) is 9.49. The van der Waals surface area contributed by atoms with Crippen LogP contribution in [0.3, 0.4) is 0 Å². The molecule has 12 nitrogen and oxygen atoms in total. The number of carbonyl (C=O) groups is 4. The van der Waals surface area contributed by atoms with Crippen molar-refractivity contribution in [2.75, 3.05) is 13.7 Å². The number of rotatable bonds is 9. The fourth-order valence-electron chi connectivity index (χ4n) is 8.88. The highest BCUT2D eigenvalue weighted by molar-refractivity contribution is 7.90. The van der Waals surface area contributed by atoms with Crippen LogP contribution in [0.1, 0.15) is 92.4 Å². The minimum absolute atomic E-state index is 0.0375. The molecule has 3 heterocycles. The maximum Gasteiger partial charge on any atom is 0.307 e. The van der Waals surface area contributed by atoms with Crippen molar-refractivity contribution in [1.29, 1.82) is 0 Å². The molecule has 316 valence electrons. The van der Waals surface area contributed by atoms with Crippen molar-refractivity contribution in [1.82, 2.24) is 14.6 Å². The van der Waals surface area contributed by atoms with Gasteiger partial charge in [0, 0.05) is 23.8 Å². The Hall–Kier alpha value is -4.78. The van der Waals surface area contributed by atoms with Crippen molar-refractivity contribution in [2.24, 2.45) is 29.1 Å². The number of amides is 2. The number of sulfonamides is 1. The van der Waals surface area contributed by atoms with E-state index in [-0.39, 0.29) is 55.3 Å². The first-order chi connectivity index (χ1) is 28.0. The molecule has 2 aromatic carbocycles. The van der Waals surface area contributed by atoms with Gasteiger partial charge in [-0.3, -0.25) is 23.9 Å². The Kier molecular flexibility index (Phi) is 12.0. The molecule has 3 fully saturated rings. The fraction of sp³-hybridized carbons (Fsp3) is 0.543. The molecule has 2 amide bonds. The number of fused-ring (bicyclic) bond motifs is 3. The van der Waals surface area contributed by atoms with E-state index in [1.54, 1.807) is 27.9 Å². The Bertz CT molecular complexity index is 2230. The van der Waals surface area contributed by atoms with Gasteiger partial charge >= 0.3 is 5.97 Å². The van der Waals surface area contributed by atoms with E-state index in [9.17, 15) is 22.8 Å². The minimum atomic E-state index is -3.87. The predicted octanol–water partition coefficient (Wildman–Crippen LogP) is 7.19. The highest BCUT2D eigenvalue weighted by Gasteiger charge is 2.61. The van der Waals surface area contributed by atoms with E-state index in [1.807, 2.05) is 73.7 Å². The predicted molar refractivity (Wildman–Crippen MR) is 224 cm³/mol. The van der Waals surface area contributed by atoms with Crippen LogP contribution in [0.2, 0.25) is 0 Å². The fourth-order valence-corrected chi connectivity index (χ4v) is 10.3. The number of carbonyl (C=O) groups excluding carboxylic acids is 4. The summed E-state index contributed by atoms with van der Waals surface area (Å²) in [6.07, 6.45) is 6.50. The first-order valence-corrected chi connectivity index (χ1v) is 22.5. The van der Waals surface area contributed by atoms with Gasteiger partial charge in [0.25, 0.3) is 0 Å². The van der Waals surface area contributed by atoms with Crippen LogP contribution in [-0.4, -0.2) is 78.5 Å². The SMILES string of the molecule is COc1ccc2c(O[C@@H]3CC4C(=O)C[C@]5(C(=O)NS(=O)(=O)C6CC6)C[C@H]5/C=C\CC[C@@H](C)C[C@@H](C)[C@H](CC(=O)OC(C)(C)C)C(=O)N4C3)nc(-c3ccccc3)cc2c1. The monoisotopic (exact) mass is 827 g/mol. The molecular formula is C46H57N3O9S. The largest absolute Gasteiger partial charge is 0.497 e. The summed E-state index contributed by atoms with van der Waals surface area (Å²) in [4.78, 5) is 63.7. The average molecular weight is 828 g/mol. The van der Waals surface area contributed by atoms with Crippen molar-refractivity contribution in [3.05, 3.63) is 66.7 Å². The second-order valence-corrected chi connectivity index (χ2v) is 20.2. The van der Waals surface area contributed by atoms with Gasteiger partial charge in [0.2, 0.25) is 27.7 Å². The van der Waals surface area contributed by atoms with Crippen LogP contribution in [0.15, 0.2) is 66.7 Å². The number of methoxy groups -OCH3 is 1. The number of hydrogen-bond acceptors (Lipinski definition) is 10. The Morgan fingerprint density at radius 1 is 1.00 bits per heavy atom. The Morgan fingerprint density at radius 3 is 2.44 bits per heavy atom. The summed E-state index contributed by atoms with van der Waals surface area (Å²) >= 11 is 0. The van der Waals surface area contributed by atoms with Gasteiger partial charge in [-0.25, -0.2) is 13.4 Å². The smallest absolute Gasteiger partial charge is 0.307 e. The van der Waals surface area contributed by atoms with Crippen LogP contribution in [0, 0.1) is 29.1 Å². The van der Waals surface area contributed by atoms with Gasteiger partial charge < -0.3 is 19.1 Å². The molecule has 0 radical (unpaired) electrons. The maximum atomic E-state index is 15.0. The number of pyridine rings is 1. The molecule has 1 saturated heterocycles. The molecule has 1 aromatic heterocycles. The van der Waals surface area contributed by atoms with Crippen LogP contribution in [0.4, 0.5) is 0 Å². The first kappa shape index (κ1) is 42.3. The quantitative estimate of drug-likeness (QED) is 0.173. The van der Waals surface area contributed by atoms with Crippen molar-refractivity contribution in [3.8, 4) is 22.9 Å². The Labute approximate surface area is 347 Å². The highest BCUT2D eigenvalue weighted by Crippen LogP contribution is 2.57. The van der Waals surface area contributed by atoms with E-state index in [4.69, 9.17) is 19.2 Å². The molecule has 13 heteroatoms. The summed E-state index contributed by atoms with van der Waals surface area (Å²) in [5.74, 6) is -2.03. The Balaban J connectivity index is 1.26. The van der Waals surface area contributed by atoms with Crippen molar-refractivity contribution >= 4 is 44.4 Å². The minimum Gasteiger partial charge on any atom is -0.497 e. The molecule has 2 aliphatic heterocycles. The number of esters is 1.